The first-order chi connectivity index (χ1) is 9.11. The molecule has 0 unspecified atom stereocenters. The quantitative estimate of drug-likeness (QED) is 0.601. The maximum Gasteiger partial charge on any atom is 0.352 e. The molecule has 0 spiro atoms. The molecule has 0 atom stereocenters. The number of nitro groups is 1. The summed E-state index contributed by atoms with van der Waals surface area (Å²) >= 11 is 0. The Morgan fingerprint density at radius 1 is 1.47 bits per heavy atom. The molecule has 1 aromatic heterocycles. The number of rotatable bonds is 7. The second-order valence-electron chi connectivity index (χ2n) is 4.65. The molecule has 0 radical (unpaired) electrons. The van der Waals surface area contributed by atoms with Crippen LogP contribution in [0, 0.1) is 23.0 Å². The summed E-state index contributed by atoms with van der Waals surface area (Å²) in [5.74, 6) is 1.15. The van der Waals surface area contributed by atoms with Crippen LogP contribution in [0.3, 0.4) is 0 Å². The zero-order chi connectivity index (χ0) is 13.8. The molecule has 1 heterocycles. The van der Waals surface area contributed by atoms with Gasteiger partial charge in [-0.05, 0) is 26.2 Å². The summed E-state index contributed by atoms with van der Waals surface area (Å²) in [7, 11) is 0. The van der Waals surface area contributed by atoms with Crippen molar-refractivity contribution in [1.29, 1.82) is 0 Å². The van der Waals surface area contributed by atoms with Gasteiger partial charge in [0.2, 0.25) is 5.95 Å². The summed E-state index contributed by atoms with van der Waals surface area (Å²) in [6.07, 6.45) is 3.39. The molecule has 2 rings (SSSR count). The molecule has 0 amide bonds. The van der Waals surface area contributed by atoms with Gasteiger partial charge in [-0.15, -0.1) is 0 Å². The van der Waals surface area contributed by atoms with Crippen LogP contribution in [-0.4, -0.2) is 28.0 Å². The Bertz CT molecular complexity index is 474. The van der Waals surface area contributed by atoms with Gasteiger partial charge in [-0.2, -0.15) is 4.98 Å². The smallest absolute Gasteiger partial charge is 0.352 e. The molecular weight excluding hydrogens is 248 g/mol. The van der Waals surface area contributed by atoms with Crippen molar-refractivity contribution in [2.24, 2.45) is 5.92 Å². The van der Waals surface area contributed by atoms with Crippen molar-refractivity contribution < 1.29 is 9.66 Å². The zero-order valence-electron chi connectivity index (χ0n) is 11.2. The lowest BCUT2D eigenvalue weighted by Gasteiger charge is -2.09. The van der Waals surface area contributed by atoms with Gasteiger partial charge >= 0.3 is 5.69 Å². The Hall–Kier alpha value is -1.92. The van der Waals surface area contributed by atoms with Gasteiger partial charge in [0.05, 0.1) is 11.5 Å². The van der Waals surface area contributed by atoms with Gasteiger partial charge in [0.1, 0.15) is 5.69 Å². The van der Waals surface area contributed by atoms with Gasteiger partial charge in [0, 0.05) is 6.54 Å². The molecule has 1 aromatic rings. The van der Waals surface area contributed by atoms with E-state index in [9.17, 15) is 10.1 Å². The van der Waals surface area contributed by atoms with Gasteiger partial charge < -0.3 is 10.1 Å². The molecule has 0 aliphatic heterocycles. The minimum Gasteiger partial charge on any atom is -0.473 e. The Morgan fingerprint density at radius 3 is 2.79 bits per heavy atom. The number of aromatic nitrogens is 2. The average Bonchev–Trinajstić information content (AvgIpc) is 3.12. The van der Waals surface area contributed by atoms with E-state index in [4.69, 9.17) is 4.74 Å². The lowest BCUT2D eigenvalue weighted by molar-refractivity contribution is -0.387. The van der Waals surface area contributed by atoms with E-state index < -0.39 is 4.92 Å². The second-order valence-corrected chi connectivity index (χ2v) is 4.65. The van der Waals surface area contributed by atoms with Crippen molar-refractivity contribution in [3.63, 3.8) is 0 Å². The molecule has 1 fully saturated rings. The van der Waals surface area contributed by atoms with Crippen LogP contribution in [0.2, 0.25) is 0 Å². The minimum absolute atomic E-state index is 0.0640. The van der Waals surface area contributed by atoms with Gasteiger partial charge in [0.25, 0.3) is 5.88 Å². The average molecular weight is 266 g/mol. The summed E-state index contributed by atoms with van der Waals surface area (Å²) in [6.45, 7) is 4.62. The fraction of sp³-hybridized carbons (Fsp3) is 0.667. The van der Waals surface area contributed by atoms with Crippen LogP contribution in [0.5, 0.6) is 5.88 Å². The van der Waals surface area contributed by atoms with Crippen molar-refractivity contribution in [2.75, 3.05) is 18.5 Å². The van der Waals surface area contributed by atoms with Crippen LogP contribution in [0.1, 0.15) is 31.9 Å². The number of nitrogens with one attached hydrogen (secondary N) is 1. The first kappa shape index (κ1) is 13.5. The van der Waals surface area contributed by atoms with Gasteiger partial charge in [-0.25, -0.2) is 4.98 Å². The Labute approximate surface area is 111 Å². The number of ether oxygens (including phenoxy) is 1. The normalized spacial score (nSPS) is 14.2. The highest BCUT2D eigenvalue weighted by atomic mass is 16.6. The highest BCUT2D eigenvalue weighted by Gasteiger charge is 2.25. The molecule has 1 aliphatic carbocycles. The van der Waals surface area contributed by atoms with E-state index in [0.29, 0.717) is 24.8 Å². The first-order valence-electron chi connectivity index (χ1n) is 6.51. The number of aryl methyl sites for hydroxylation is 1. The largest absolute Gasteiger partial charge is 0.473 e. The van der Waals surface area contributed by atoms with Crippen molar-refractivity contribution in [1.82, 2.24) is 9.97 Å². The molecule has 0 aromatic carbocycles. The SMILES string of the molecule is CCNc1nc(C)c([N+](=O)[O-])c(OCCC2CC2)n1. The van der Waals surface area contributed by atoms with E-state index in [-0.39, 0.29) is 11.6 Å². The molecule has 19 heavy (non-hydrogen) atoms. The number of anilines is 1. The lowest BCUT2D eigenvalue weighted by atomic mass is 10.3. The van der Waals surface area contributed by atoms with Crippen molar-refractivity contribution >= 4 is 11.6 Å². The van der Waals surface area contributed by atoms with Crippen molar-refractivity contribution in [3.05, 3.63) is 15.8 Å². The number of hydrogen-bond acceptors (Lipinski definition) is 6. The van der Waals surface area contributed by atoms with E-state index in [1.807, 2.05) is 6.92 Å². The molecule has 1 saturated carbocycles. The standard InChI is InChI=1S/C12H18N4O3/c1-3-13-12-14-8(2)10(16(17)18)11(15-12)19-7-6-9-4-5-9/h9H,3-7H2,1-2H3,(H,13,14,15). The van der Waals surface area contributed by atoms with Crippen LogP contribution in [0.15, 0.2) is 0 Å². The van der Waals surface area contributed by atoms with Crippen molar-refractivity contribution in [3.8, 4) is 5.88 Å². The van der Waals surface area contributed by atoms with E-state index >= 15 is 0 Å². The second kappa shape index (κ2) is 5.81. The van der Waals surface area contributed by atoms with Crippen LogP contribution in [0.4, 0.5) is 11.6 Å². The topological polar surface area (TPSA) is 90.2 Å². The Balaban J connectivity index is 2.16. The molecule has 7 nitrogen and oxygen atoms in total. The predicted octanol–water partition coefficient (Wildman–Crippen LogP) is 2.30. The molecule has 1 aliphatic rings. The zero-order valence-corrected chi connectivity index (χ0v) is 11.2. The number of hydrogen-bond donors (Lipinski definition) is 1. The monoisotopic (exact) mass is 266 g/mol. The third-order valence-corrected chi connectivity index (χ3v) is 3.01. The fourth-order valence-electron chi connectivity index (χ4n) is 1.82. The van der Waals surface area contributed by atoms with E-state index in [1.165, 1.54) is 12.8 Å². The summed E-state index contributed by atoms with van der Waals surface area (Å²) < 4.78 is 5.48. The third-order valence-electron chi connectivity index (χ3n) is 3.01. The predicted molar refractivity (Wildman–Crippen MR) is 70.4 cm³/mol. The van der Waals surface area contributed by atoms with E-state index in [1.54, 1.807) is 6.92 Å². The molecule has 1 N–H and O–H groups in total. The van der Waals surface area contributed by atoms with Gasteiger partial charge in [-0.1, -0.05) is 12.8 Å². The molecule has 0 bridgehead atoms. The maximum atomic E-state index is 11.0. The van der Waals surface area contributed by atoms with Crippen LogP contribution in [0.25, 0.3) is 0 Å². The van der Waals surface area contributed by atoms with Crippen LogP contribution >= 0.6 is 0 Å². The Morgan fingerprint density at radius 2 is 2.21 bits per heavy atom. The third kappa shape index (κ3) is 3.52. The van der Waals surface area contributed by atoms with Gasteiger partial charge in [-0.3, -0.25) is 10.1 Å². The highest BCUT2D eigenvalue weighted by Crippen LogP contribution is 2.33. The molecule has 7 heteroatoms. The lowest BCUT2D eigenvalue weighted by Crippen LogP contribution is -2.09. The fourth-order valence-corrected chi connectivity index (χ4v) is 1.82. The van der Waals surface area contributed by atoms with Crippen molar-refractivity contribution in [2.45, 2.75) is 33.1 Å². The first-order valence-corrected chi connectivity index (χ1v) is 6.51. The Kier molecular flexibility index (Phi) is 4.13. The minimum atomic E-state index is -0.489. The molecule has 104 valence electrons. The maximum absolute atomic E-state index is 11.0. The van der Waals surface area contributed by atoms with Crippen LogP contribution in [-0.2, 0) is 0 Å². The summed E-state index contributed by atoms with van der Waals surface area (Å²) in [6, 6.07) is 0. The highest BCUT2D eigenvalue weighted by molar-refractivity contribution is 5.48. The summed E-state index contributed by atoms with van der Waals surface area (Å²) in [4.78, 5) is 18.7. The van der Waals surface area contributed by atoms with Crippen LogP contribution < -0.4 is 10.1 Å². The molecule has 0 saturated heterocycles. The summed E-state index contributed by atoms with van der Waals surface area (Å²) in [5.41, 5.74) is 0.176. The van der Waals surface area contributed by atoms with Gasteiger partial charge in [0.15, 0.2) is 0 Å². The van der Waals surface area contributed by atoms with E-state index in [0.717, 1.165) is 12.3 Å². The summed E-state index contributed by atoms with van der Waals surface area (Å²) in [5, 5.41) is 14.0. The number of nitrogens with zero attached hydrogens (tertiary/aromatic N) is 3. The molecular formula is C12H18N4O3. The van der Waals surface area contributed by atoms with E-state index in [2.05, 4.69) is 15.3 Å².